The molecule has 0 fully saturated rings. The molecule has 4 aromatic rings. The quantitative estimate of drug-likeness (QED) is 0.409. The molecule has 0 amide bonds. The molecule has 0 saturated carbocycles. The average molecular weight is 393 g/mol. The normalized spacial score (nSPS) is 11.1. The standard InChI is InChI=1S/C21H10F3N3S/c22-21(23,24)17-5-3-14(4-6-17)16-10-15(11-25)20-26-12-18(27(20)13-16)7-8-19-2-1-9-28-19/h1-6,9-10,12-13H. The van der Waals surface area contributed by atoms with E-state index in [0.717, 1.165) is 17.0 Å². The summed E-state index contributed by atoms with van der Waals surface area (Å²) in [5.74, 6) is 6.07. The van der Waals surface area contributed by atoms with Crippen LogP contribution in [0.5, 0.6) is 0 Å². The van der Waals surface area contributed by atoms with Gasteiger partial charge >= 0.3 is 6.18 Å². The largest absolute Gasteiger partial charge is 0.416 e. The number of imidazole rings is 1. The van der Waals surface area contributed by atoms with Crippen molar-refractivity contribution in [3.05, 3.63) is 81.9 Å². The van der Waals surface area contributed by atoms with Gasteiger partial charge in [-0.25, -0.2) is 4.98 Å². The summed E-state index contributed by atoms with van der Waals surface area (Å²) in [6.45, 7) is 0. The van der Waals surface area contributed by atoms with Gasteiger partial charge in [-0.1, -0.05) is 18.2 Å². The van der Waals surface area contributed by atoms with E-state index in [1.165, 1.54) is 23.5 Å². The van der Waals surface area contributed by atoms with E-state index in [-0.39, 0.29) is 0 Å². The maximum absolute atomic E-state index is 12.8. The summed E-state index contributed by atoms with van der Waals surface area (Å²) in [5.41, 5.74) is 1.82. The van der Waals surface area contributed by atoms with Crippen molar-refractivity contribution < 1.29 is 13.2 Å². The van der Waals surface area contributed by atoms with Gasteiger partial charge < -0.3 is 0 Å². The highest BCUT2D eigenvalue weighted by atomic mass is 32.1. The Kier molecular flexibility index (Phi) is 4.38. The van der Waals surface area contributed by atoms with Crippen LogP contribution in [-0.4, -0.2) is 9.38 Å². The lowest BCUT2D eigenvalue weighted by Gasteiger charge is -2.09. The number of hydrogen-bond donors (Lipinski definition) is 0. The highest BCUT2D eigenvalue weighted by molar-refractivity contribution is 7.10. The molecular weight excluding hydrogens is 383 g/mol. The number of benzene rings is 1. The predicted molar refractivity (Wildman–Crippen MR) is 101 cm³/mol. The first-order valence-electron chi connectivity index (χ1n) is 8.10. The van der Waals surface area contributed by atoms with Gasteiger partial charge in [0.1, 0.15) is 11.8 Å². The third-order valence-corrected chi connectivity index (χ3v) is 4.89. The topological polar surface area (TPSA) is 41.1 Å². The smallest absolute Gasteiger partial charge is 0.291 e. The van der Waals surface area contributed by atoms with Crippen molar-refractivity contribution in [3.8, 4) is 29.0 Å². The van der Waals surface area contributed by atoms with Gasteiger partial charge in [-0.3, -0.25) is 4.40 Å². The summed E-state index contributed by atoms with van der Waals surface area (Å²) in [6.07, 6.45) is -1.09. The molecule has 3 aromatic heterocycles. The monoisotopic (exact) mass is 393 g/mol. The maximum atomic E-state index is 12.8. The molecule has 7 heteroatoms. The SMILES string of the molecule is N#Cc1cc(-c2ccc(C(F)(F)F)cc2)cn2c(C#Cc3cccs3)cnc12. The third-order valence-electron chi connectivity index (χ3n) is 4.11. The van der Waals surface area contributed by atoms with E-state index in [9.17, 15) is 18.4 Å². The van der Waals surface area contributed by atoms with Crippen LogP contribution in [0.25, 0.3) is 16.8 Å². The number of nitriles is 1. The minimum atomic E-state index is -4.39. The van der Waals surface area contributed by atoms with Crippen molar-refractivity contribution in [1.82, 2.24) is 9.38 Å². The number of halogens is 3. The fourth-order valence-corrected chi connectivity index (χ4v) is 3.32. The predicted octanol–water partition coefficient (Wildman–Crippen LogP) is 5.35. The molecule has 0 unspecified atom stereocenters. The van der Waals surface area contributed by atoms with Crippen molar-refractivity contribution >= 4 is 17.0 Å². The second kappa shape index (κ2) is 6.88. The van der Waals surface area contributed by atoms with E-state index < -0.39 is 11.7 Å². The summed E-state index contributed by atoms with van der Waals surface area (Å²) in [5, 5.41) is 11.4. The minimum Gasteiger partial charge on any atom is -0.291 e. The van der Waals surface area contributed by atoms with Gasteiger partial charge in [0, 0.05) is 6.20 Å². The zero-order chi connectivity index (χ0) is 19.7. The van der Waals surface area contributed by atoms with Gasteiger partial charge in [0.2, 0.25) is 0 Å². The Morgan fingerprint density at radius 3 is 2.46 bits per heavy atom. The number of pyridine rings is 1. The van der Waals surface area contributed by atoms with Gasteiger partial charge in [-0.2, -0.15) is 18.4 Å². The number of fused-ring (bicyclic) bond motifs is 1. The Bertz CT molecular complexity index is 1250. The number of alkyl halides is 3. The van der Waals surface area contributed by atoms with Crippen molar-refractivity contribution in [2.75, 3.05) is 0 Å². The van der Waals surface area contributed by atoms with E-state index >= 15 is 0 Å². The van der Waals surface area contributed by atoms with Crippen LogP contribution in [-0.2, 0) is 6.18 Å². The van der Waals surface area contributed by atoms with E-state index in [1.807, 2.05) is 17.5 Å². The average Bonchev–Trinajstić information content (AvgIpc) is 3.34. The summed E-state index contributed by atoms with van der Waals surface area (Å²) < 4.78 is 40.1. The Morgan fingerprint density at radius 1 is 1.04 bits per heavy atom. The number of nitrogens with zero attached hydrogens (tertiary/aromatic N) is 3. The Balaban J connectivity index is 1.82. The molecule has 0 N–H and O–H groups in total. The summed E-state index contributed by atoms with van der Waals surface area (Å²) >= 11 is 1.51. The Hall–Kier alpha value is -3.55. The molecule has 0 radical (unpaired) electrons. The molecule has 3 heterocycles. The number of hydrogen-bond acceptors (Lipinski definition) is 3. The van der Waals surface area contributed by atoms with Crippen LogP contribution >= 0.6 is 11.3 Å². The van der Waals surface area contributed by atoms with E-state index in [4.69, 9.17) is 0 Å². The molecule has 4 rings (SSSR count). The van der Waals surface area contributed by atoms with Crippen LogP contribution in [0.2, 0.25) is 0 Å². The van der Waals surface area contributed by atoms with Crippen molar-refractivity contribution in [2.24, 2.45) is 0 Å². The lowest BCUT2D eigenvalue weighted by molar-refractivity contribution is -0.137. The molecule has 0 aliphatic carbocycles. The van der Waals surface area contributed by atoms with Crippen molar-refractivity contribution in [2.45, 2.75) is 6.18 Å². The lowest BCUT2D eigenvalue weighted by Crippen LogP contribution is -2.04. The molecule has 28 heavy (non-hydrogen) atoms. The fraction of sp³-hybridized carbons (Fsp3) is 0.0476. The molecule has 0 atom stereocenters. The van der Waals surface area contributed by atoms with Crippen LogP contribution in [0.4, 0.5) is 13.2 Å². The first kappa shape index (κ1) is 17.8. The third kappa shape index (κ3) is 3.36. The van der Waals surface area contributed by atoms with Crippen molar-refractivity contribution in [3.63, 3.8) is 0 Å². The summed E-state index contributed by atoms with van der Waals surface area (Å²) in [7, 11) is 0. The van der Waals surface area contributed by atoms with Crippen LogP contribution in [0.15, 0.2) is 60.2 Å². The molecule has 3 nitrogen and oxygen atoms in total. The maximum Gasteiger partial charge on any atom is 0.416 e. The molecule has 0 bridgehead atoms. The Morgan fingerprint density at radius 2 is 1.82 bits per heavy atom. The molecule has 0 aliphatic rings. The molecule has 1 aromatic carbocycles. The van der Waals surface area contributed by atoms with Gasteiger partial charge in [0.05, 0.1) is 22.2 Å². The molecular formula is C21H10F3N3S. The summed E-state index contributed by atoms with van der Waals surface area (Å²) in [4.78, 5) is 5.16. The van der Waals surface area contributed by atoms with Crippen molar-refractivity contribution in [1.29, 1.82) is 5.26 Å². The summed E-state index contributed by atoms with van der Waals surface area (Å²) in [6, 6.07) is 12.3. The van der Waals surface area contributed by atoms with E-state index in [0.29, 0.717) is 28.0 Å². The first-order chi connectivity index (χ1) is 13.5. The fourth-order valence-electron chi connectivity index (χ4n) is 2.75. The molecule has 0 saturated heterocycles. The molecule has 136 valence electrons. The van der Waals surface area contributed by atoms with Crippen LogP contribution in [0, 0.1) is 23.2 Å². The van der Waals surface area contributed by atoms with Gasteiger partial charge in [0.25, 0.3) is 0 Å². The minimum absolute atomic E-state index is 0.321. The van der Waals surface area contributed by atoms with Gasteiger partial charge in [0.15, 0.2) is 5.65 Å². The number of thiophene rings is 1. The van der Waals surface area contributed by atoms with E-state index in [1.54, 1.807) is 22.9 Å². The molecule has 0 spiro atoms. The zero-order valence-electron chi connectivity index (χ0n) is 14.2. The van der Waals surface area contributed by atoms with Crippen LogP contribution in [0.3, 0.4) is 0 Å². The highest BCUT2D eigenvalue weighted by Crippen LogP contribution is 2.31. The zero-order valence-corrected chi connectivity index (χ0v) is 15.0. The van der Waals surface area contributed by atoms with Crippen LogP contribution < -0.4 is 0 Å². The van der Waals surface area contributed by atoms with Gasteiger partial charge in [-0.05, 0) is 52.6 Å². The Labute approximate surface area is 162 Å². The number of aromatic nitrogens is 2. The van der Waals surface area contributed by atoms with Crippen LogP contribution in [0.1, 0.15) is 21.7 Å². The van der Waals surface area contributed by atoms with E-state index in [2.05, 4.69) is 22.9 Å². The highest BCUT2D eigenvalue weighted by Gasteiger charge is 2.30. The second-order valence-electron chi connectivity index (χ2n) is 5.89. The molecule has 0 aliphatic heterocycles. The van der Waals surface area contributed by atoms with Gasteiger partial charge in [-0.15, -0.1) is 11.3 Å². The number of rotatable bonds is 1. The lowest BCUT2D eigenvalue weighted by atomic mass is 10.0. The second-order valence-corrected chi connectivity index (χ2v) is 6.84. The first-order valence-corrected chi connectivity index (χ1v) is 8.98.